The number of hydrogen-bond acceptors (Lipinski definition) is 3. The maximum atomic E-state index is 9.18. The third-order valence-electron chi connectivity index (χ3n) is 2.71. The van der Waals surface area contributed by atoms with Crippen LogP contribution in [0.15, 0.2) is 18.2 Å². The van der Waals surface area contributed by atoms with Crippen LogP contribution in [0.1, 0.15) is 18.3 Å². The second-order valence-corrected chi connectivity index (χ2v) is 4.24. The van der Waals surface area contributed by atoms with Crippen LogP contribution in [0.5, 0.6) is 0 Å². The zero-order valence-electron chi connectivity index (χ0n) is 9.81. The molecule has 0 aliphatic rings. The first-order valence-corrected chi connectivity index (χ1v) is 5.84. The third-order valence-corrected chi connectivity index (χ3v) is 2.95. The monoisotopic (exact) mass is 251 g/mol. The molecule has 1 aromatic carbocycles. The van der Waals surface area contributed by atoms with Crippen LogP contribution in [0.2, 0.25) is 5.02 Å². The summed E-state index contributed by atoms with van der Waals surface area (Å²) in [6.45, 7) is 4.60. The summed E-state index contributed by atoms with van der Waals surface area (Å²) >= 11 is 5.93. The smallest absolute Gasteiger partial charge is 0.164 e. The first kappa shape index (κ1) is 12.1. The molecule has 5 heteroatoms. The molecule has 2 aromatic rings. The molecule has 0 saturated carbocycles. The van der Waals surface area contributed by atoms with Gasteiger partial charge in [-0.3, -0.25) is 0 Å². The molecule has 0 fully saturated rings. The normalized spacial score (nSPS) is 10.8. The van der Waals surface area contributed by atoms with Gasteiger partial charge in [-0.2, -0.15) is 0 Å². The minimum Gasteiger partial charge on any atom is -0.388 e. The maximum absolute atomic E-state index is 9.18. The Kier molecular flexibility index (Phi) is 3.45. The molecule has 0 unspecified atom stereocenters. The molecule has 90 valence electrons. The number of benzene rings is 1. The van der Waals surface area contributed by atoms with Crippen molar-refractivity contribution in [2.24, 2.45) is 0 Å². The van der Waals surface area contributed by atoms with Crippen LogP contribution < -0.4 is 0 Å². The Balaban J connectivity index is 2.56. The van der Waals surface area contributed by atoms with E-state index in [2.05, 4.69) is 10.2 Å². The Hall–Kier alpha value is -1.39. The van der Waals surface area contributed by atoms with Gasteiger partial charge in [0.1, 0.15) is 6.61 Å². The predicted octanol–water partition coefficient (Wildman–Crippen LogP) is 2.42. The van der Waals surface area contributed by atoms with E-state index >= 15 is 0 Å². The number of nitrogens with zero attached hydrogens (tertiary/aromatic N) is 3. The van der Waals surface area contributed by atoms with Crippen molar-refractivity contribution < 1.29 is 5.11 Å². The minimum absolute atomic E-state index is 0.104. The highest BCUT2D eigenvalue weighted by Gasteiger charge is 2.13. The number of rotatable bonds is 3. The van der Waals surface area contributed by atoms with Crippen molar-refractivity contribution in [3.05, 3.63) is 34.6 Å². The van der Waals surface area contributed by atoms with E-state index in [1.807, 2.05) is 36.6 Å². The van der Waals surface area contributed by atoms with Gasteiger partial charge in [-0.1, -0.05) is 11.6 Å². The van der Waals surface area contributed by atoms with E-state index in [4.69, 9.17) is 11.6 Å². The van der Waals surface area contributed by atoms with Gasteiger partial charge in [0.15, 0.2) is 11.6 Å². The lowest BCUT2D eigenvalue weighted by Gasteiger charge is -2.08. The van der Waals surface area contributed by atoms with Gasteiger partial charge in [0, 0.05) is 17.1 Å². The van der Waals surface area contributed by atoms with E-state index in [-0.39, 0.29) is 6.61 Å². The number of aliphatic hydroxyl groups excluding tert-OH is 1. The van der Waals surface area contributed by atoms with Gasteiger partial charge >= 0.3 is 0 Å². The van der Waals surface area contributed by atoms with Crippen LogP contribution in [0.4, 0.5) is 0 Å². The van der Waals surface area contributed by atoms with Crippen molar-refractivity contribution in [2.45, 2.75) is 27.0 Å². The molecular formula is C12H14ClN3O. The number of aryl methyl sites for hydroxylation is 1. The zero-order chi connectivity index (χ0) is 12.4. The molecule has 0 atom stereocenters. The average molecular weight is 252 g/mol. The summed E-state index contributed by atoms with van der Waals surface area (Å²) in [6.07, 6.45) is 0. The van der Waals surface area contributed by atoms with Crippen molar-refractivity contribution in [3.63, 3.8) is 0 Å². The molecule has 17 heavy (non-hydrogen) atoms. The van der Waals surface area contributed by atoms with Crippen LogP contribution in [0.25, 0.3) is 11.4 Å². The molecule has 0 spiro atoms. The van der Waals surface area contributed by atoms with Gasteiger partial charge in [-0.25, -0.2) is 0 Å². The Labute approximate surface area is 105 Å². The molecule has 0 amide bonds. The van der Waals surface area contributed by atoms with Crippen LogP contribution in [-0.2, 0) is 13.2 Å². The fraction of sp³-hybridized carbons (Fsp3) is 0.333. The van der Waals surface area contributed by atoms with Crippen molar-refractivity contribution in [3.8, 4) is 11.4 Å². The predicted molar refractivity (Wildman–Crippen MR) is 66.8 cm³/mol. The average Bonchev–Trinajstić information content (AvgIpc) is 2.71. The highest BCUT2D eigenvalue weighted by molar-refractivity contribution is 6.30. The zero-order valence-corrected chi connectivity index (χ0v) is 10.6. The molecule has 1 N–H and O–H groups in total. The van der Waals surface area contributed by atoms with Crippen molar-refractivity contribution in [2.75, 3.05) is 0 Å². The highest BCUT2D eigenvalue weighted by Crippen LogP contribution is 2.25. The summed E-state index contributed by atoms with van der Waals surface area (Å²) in [7, 11) is 0. The minimum atomic E-state index is -0.104. The van der Waals surface area contributed by atoms with Gasteiger partial charge < -0.3 is 9.67 Å². The Morgan fingerprint density at radius 2 is 2.12 bits per heavy atom. The first-order chi connectivity index (χ1) is 8.17. The quantitative estimate of drug-likeness (QED) is 0.912. The molecule has 4 nitrogen and oxygen atoms in total. The first-order valence-electron chi connectivity index (χ1n) is 5.46. The van der Waals surface area contributed by atoms with Gasteiger partial charge in [0.05, 0.1) is 0 Å². The van der Waals surface area contributed by atoms with Crippen molar-refractivity contribution >= 4 is 11.6 Å². The topological polar surface area (TPSA) is 50.9 Å². The number of aromatic nitrogens is 3. The van der Waals surface area contributed by atoms with E-state index in [9.17, 15) is 5.11 Å². The Morgan fingerprint density at radius 1 is 1.35 bits per heavy atom. The second-order valence-electron chi connectivity index (χ2n) is 3.80. The summed E-state index contributed by atoms with van der Waals surface area (Å²) in [6, 6.07) is 5.65. The third kappa shape index (κ3) is 2.18. The van der Waals surface area contributed by atoms with E-state index in [1.54, 1.807) is 0 Å². The lowest BCUT2D eigenvalue weighted by molar-refractivity contribution is 0.265. The van der Waals surface area contributed by atoms with Gasteiger partial charge in [0.2, 0.25) is 0 Å². The standard InChI is InChI=1S/C12H14ClN3O/c1-3-16-11(7-17)14-15-12(16)10-5-4-9(13)6-8(10)2/h4-6,17H,3,7H2,1-2H3. The number of halogens is 1. The van der Waals surface area contributed by atoms with E-state index in [0.717, 1.165) is 23.5 Å². The van der Waals surface area contributed by atoms with Gasteiger partial charge in [-0.05, 0) is 37.6 Å². The number of aliphatic hydroxyl groups is 1. The molecule has 0 bridgehead atoms. The molecular weight excluding hydrogens is 238 g/mol. The lowest BCUT2D eigenvalue weighted by Crippen LogP contribution is -2.04. The van der Waals surface area contributed by atoms with E-state index < -0.39 is 0 Å². The fourth-order valence-electron chi connectivity index (χ4n) is 1.86. The van der Waals surface area contributed by atoms with Gasteiger partial charge in [-0.15, -0.1) is 10.2 Å². The molecule has 2 rings (SSSR count). The Bertz CT molecular complexity index is 537. The van der Waals surface area contributed by atoms with E-state index in [0.29, 0.717) is 10.8 Å². The highest BCUT2D eigenvalue weighted by atomic mass is 35.5. The second kappa shape index (κ2) is 4.85. The van der Waals surface area contributed by atoms with Crippen molar-refractivity contribution in [1.82, 2.24) is 14.8 Å². The number of hydrogen-bond donors (Lipinski definition) is 1. The molecule has 0 aliphatic carbocycles. The molecule has 0 aliphatic heterocycles. The summed E-state index contributed by atoms with van der Waals surface area (Å²) in [4.78, 5) is 0. The van der Waals surface area contributed by atoms with Crippen LogP contribution in [-0.4, -0.2) is 19.9 Å². The van der Waals surface area contributed by atoms with Crippen molar-refractivity contribution in [1.29, 1.82) is 0 Å². The largest absolute Gasteiger partial charge is 0.388 e. The van der Waals surface area contributed by atoms with Crippen LogP contribution in [0, 0.1) is 6.92 Å². The molecule has 0 radical (unpaired) electrons. The Morgan fingerprint density at radius 3 is 2.71 bits per heavy atom. The summed E-state index contributed by atoms with van der Waals surface area (Å²) < 4.78 is 1.90. The van der Waals surface area contributed by atoms with Crippen LogP contribution >= 0.6 is 11.6 Å². The molecule has 1 heterocycles. The van der Waals surface area contributed by atoms with E-state index in [1.165, 1.54) is 0 Å². The molecule has 0 saturated heterocycles. The van der Waals surface area contributed by atoms with Crippen LogP contribution in [0.3, 0.4) is 0 Å². The lowest BCUT2D eigenvalue weighted by atomic mass is 10.1. The SMILES string of the molecule is CCn1c(CO)nnc1-c1ccc(Cl)cc1C. The van der Waals surface area contributed by atoms with Gasteiger partial charge in [0.25, 0.3) is 0 Å². The fourth-order valence-corrected chi connectivity index (χ4v) is 2.09. The summed E-state index contributed by atoms with van der Waals surface area (Å²) in [5.74, 6) is 1.35. The maximum Gasteiger partial charge on any atom is 0.164 e. The summed E-state index contributed by atoms with van der Waals surface area (Å²) in [5, 5.41) is 18.0. The summed E-state index contributed by atoms with van der Waals surface area (Å²) in [5.41, 5.74) is 2.03. The molecule has 1 aromatic heterocycles.